The van der Waals surface area contributed by atoms with E-state index in [9.17, 15) is 17.6 Å². The van der Waals surface area contributed by atoms with Gasteiger partial charge in [-0.05, 0) is 37.1 Å². The van der Waals surface area contributed by atoms with E-state index in [0.717, 1.165) is 44.9 Å². The summed E-state index contributed by atoms with van der Waals surface area (Å²) in [5, 5.41) is 17.0. The highest BCUT2D eigenvalue weighted by atomic mass is 19.2. The SMILES string of the molecule is CCCCCCCOc1ccc(C#N)c(F)c1F.CCCCCOc1ccc(C#N)c(F)c1F. The minimum Gasteiger partial charge on any atom is -0.490 e. The molecule has 0 fully saturated rings. The van der Waals surface area contributed by atoms with E-state index >= 15 is 0 Å². The minimum atomic E-state index is -1.14. The summed E-state index contributed by atoms with van der Waals surface area (Å²) in [6.45, 7) is 4.90. The summed E-state index contributed by atoms with van der Waals surface area (Å²) in [5.74, 6) is -4.70. The first-order chi connectivity index (χ1) is 16.4. The smallest absolute Gasteiger partial charge is 0.201 e. The molecule has 0 aliphatic rings. The molecule has 4 nitrogen and oxygen atoms in total. The summed E-state index contributed by atoms with van der Waals surface area (Å²) < 4.78 is 63.4. The van der Waals surface area contributed by atoms with Crippen molar-refractivity contribution < 1.29 is 27.0 Å². The molecule has 8 heteroatoms. The lowest BCUT2D eigenvalue weighted by Gasteiger charge is -2.08. The Kier molecular flexibility index (Phi) is 13.9. The maximum absolute atomic E-state index is 13.4. The Morgan fingerprint density at radius 1 is 0.588 bits per heavy atom. The highest BCUT2D eigenvalue weighted by Crippen LogP contribution is 2.23. The van der Waals surface area contributed by atoms with Gasteiger partial charge in [0.1, 0.15) is 12.1 Å². The van der Waals surface area contributed by atoms with Crippen LogP contribution in [0.5, 0.6) is 11.5 Å². The van der Waals surface area contributed by atoms with Crippen molar-refractivity contribution in [2.75, 3.05) is 13.2 Å². The van der Waals surface area contributed by atoms with Crippen molar-refractivity contribution in [3.05, 3.63) is 58.7 Å². The standard InChI is InChI=1S/C14H17F2NO.C12H13F2NO/c1-2-3-4-5-6-9-18-12-8-7-11(10-17)13(15)14(12)16;1-2-3-4-7-16-10-6-5-9(8-15)11(13)12(10)14/h7-8H,2-6,9H2,1H3;5-6H,2-4,7H2,1H3. The average Bonchev–Trinajstić information content (AvgIpc) is 2.84. The molecule has 0 atom stereocenters. The number of unbranched alkanes of at least 4 members (excludes halogenated alkanes) is 6. The minimum absolute atomic E-state index is 0.123. The van der Waals surface area contributed by atoms with Crippen LogP contribution in [0.15, 0.2) is 24.3 Å². The molecule has 34 heavy (non-hydrogen) atoms. The van der Waals surface area contributed by atoms with Crippen molar-refractivity contribution in [3.8, 4) is 23.6 Å². The number of halogens is 4. The number of ether oxygens (including phenoxy) is 2. The van der Waals surface area contributed by atoms with E-state index in [1.807, 2.05) is 6.92 Å². The van der Waals surface area contributed by atoms with Crippen LogP contribution < -0.4 is 9.47 Å². The van der Waals surface area contributed by atoms with Gasteiger partial charge in [0.2, 0.25) is 11.6 Å². The summed E-state index contributed by atoms with van der Waals surface area (Å²) in [7, 11) is 0. The first-order valence-corrected chi connectivity index (χ1v) is 11.4. The van der Waals surface area contributed by atoms with Crippen molar-refractivity contribution in [2.24, 2.45) is 0 Å². The molecule has 184 valence electrons. The number of nitrogens with zero attached hydrogens (tertiary/aromatic N) is 2. The molecule has 2 aromatic carbocycles. The lowest BCUT2D eigenvalue weighted by Crippen LogP contribution is -2.01. The summed E-state index contributed by atoms with van der Waals surface area (Å²) in [6.07, 6.45) is 8.14. The Hall–Kier alpha value is -3.26. The fourth-order valence-corrected chi connectivity index (χ4v) is 2.88. The molecular formula is C26H30F4N2O2. The van der Waals surface area contributed by atoms with Gasteiger partial charge in [0.15, 0.2) is 23.1 Å². The van der Waals surface area contributed by atoms with E-state index in [0.29, 0.717) is 13.2 Å². The second kappa shape index (κ2) is 16.4. The van der Waals surface area contributed by atoms with Gasteiger partial charge in [-0.25, -0.2) is 8.78 Å². The van der Waals surface area contributed by atoms with Crippen LogP contribution in [0.1, 0.15) is 76.3 Å². The zero-order valence-electron chi connectivity index (χ0n) is 19.6. The number of rotatable bonds is 12. The molecule has 0 N–H and O–H groups in total. The Morgan fingerprint density at radius 3 is 1.38 bits per heavy atom. The molecular weight excluding hydrogens is 448 g/mol. The Morgan fingerprint density at radius 2 is 0.971 bits per heavy atom. The van der Waals surface area contributed by atoms with E-state index < -0.39 is 23.3 Å². The third-order valence-corrected chi connectivity index (χ3v) is 4.85. The maximum Gasteiger partial charge on any atom is 0.201 e. The van der Waals surface area contributed by atoms with E-state index in [2.05, 4.69) is 6.92 Å². The first kappa shape index (κ1) is 28.8. The van der Waals surface area contributed by atoms with Gasteiger partial charge in [-0.1, -0.05) is 52.4 Å². The van der Waals surface area contributed by atoms with Crippen molar-refractivity contribution in [2.45, 2.75) is 65.2 Å². The highest BCUT2D eigenvalue weighted by Gasteiger charge is 2.14. The van der Waals surface area contributed by atoms with Crippen LogP contribution in [0, 0.1) is 45.9 Å². The average molecular weight is 479 g/mol. The predicted molar refractivity (Wildman–Crippen MR) is 121 cm³/mol. The molecule has 0 bridgehead atoms. The number of benzene rings is 2. The molecule has 0 unspecified atom stereocenters. The van der Waals surface area contributed by atoms with Crippen molar-refractivity contribution >= 4 is 0 Å². The topological polar surface area (TPSA) is 66.0 Å². The Balaban J connectivity index is 0.000000342. The molecule has 2 rings (SSSR count). The third kappa shape index (κ3) is 9.31. The predicted octanol–water partition coefficient (Wildman–Crippen LogP) is 7.59. The van der Waals surface area contributed by atoms with Gasteiger partial charge >= 0.3 is 0 Å². The van der Waals surface area contributed by atoms with Gasteiger partial charge in [0, 0.05) is 0 Å². The normalized spacial score (nSPS) is 10.0. The van der Waals surface area contributed by atoms with Gasteiger partial charge in [0.25, 0.3) is 0 Å². The lowest BCUT2D eigenvalue weighted by atomic mass is 10.2. The largest absolute Gasteiger partial charge is 0.490 e. The fraction of sp³-hybridized carbons (Fsp3) is 0.462. The Labute approximate surface area is 198 Å². The second-order valence-electron chi connectivity index (χ2n) is 7.52. The molecule has 0 radical (unpaired) electrons. The molecule has 0 saturated heterocycles. The summed E-state index contributed by atoms with van der Waals surface area (Å²) >= 11 is 0. The second-order valence-corrected chi connectivity index (χ2v) is 7.52. The van der Waals surface area contributed by atoms with Crippen LogP contribution in [-0.4, -0.2) is 13.2 Å². The van der Waals surface area contributed by atoms with Crippen LogP contribution >= 0.6 is 0 Å². The molecule has 0 amide bonds. The van der Waals surface area contributed by atoms with Gasteiger partial charge in [0.05, 0.1) is 24.3 Å². The van der Waals surface area contributed by atoms with Gasteiger partial charge in [-0.3, -0.25) is 0 Å². The van der Waals surface area contributed by atoms with Crippen LogP contribution in [0.3, 0.4) is 0 Å². The van der Waals surface area contributed by atoms with Crippen molar-refractivity contribution in [3.63, 3.8) is 0 Å². The van der Waals surface area contributed by atoms with E-state index in [1.54, 1.807) is 12.1 Å². The molecule has 0 saturated carbocycles. The van der Waals surface area contributed by atoms with Crippen LogP contribution in [0.2, 0.25) is 0 Å². The molecule has 0 aromatic heterocycles. The molecule has 0 aliphatic carbocycles. The Bertz CT molecular complexity index is 984. The number of hydrogen-bond acceptors (Lipinski definition) is 4. The van der Waals surface area contributed by atoms with Crippen LogP contribution in [0.4, 0.5) is 17.6 Å². The lowest BCUT2D eigenvalue weighted by molar-refractivity contribution is 0.285. The summed E-state index contributed by atoms with van der Waals surface area (Å²) in [6, 6.07) is 8.17. The van der Waals surface area contributed by atoms with Crippen molar-refractivity contribution in [1.82, 2.24) is 0 Å². The van der Waals surface area contributed by atoms with E-state index in [4.69, 9.17) is 20.0 Å². The zero-order chi connectivity index (χ0) is 25.3. The van der Waals surface area contributed by atoms with E-state index in [1.165, 1.54) is 30.7 Å². The quantitative estimate of drug-likeness (QED) is 0.233. The molecule has 0 aliphatic heterocycles. The number of hydrogen-bond donors (Lipinski definition) is 0. The number of nitriles is 2. The highest BCUT2D eigenvalue weighted by molar-refractivity contribution is 5.38. The third-order valence-electron chi connectivity index (χ3n) is 4.85. The summed E-state index contributed by atoms with van der Waals surface area (Å²) in [4.78, 5) is 0. The summed E-state index contributed by atoms with van der Waals surface area (Å²) in [5.41, 5.74) is -0.610. The van der Waals surface area contributed by atoms with Crippen LogP contribution in [-0.2, 0) is 0 Å². The zero-order valence-corrected chi connectivity index (χ0v) is 19.6. The monoisotopic (exact) mass is 478 g/mol. The van der Waals surface area contributed by atoms with Gasteiger partial charge < -0.3 is 9.47 Å². The van der Waals surface area contributed by atoms with Gasteiger partial charge in [-0.15, -0.1) is 0 Å². The molecule has 2 aromatic rings. The molecule has 0 spiro atoms. The van der Waals surface area contributed by atoms with E-state index in [-0.39, 0.29) is 22.6 Å². The fourth-order valence-electron chi connectivity index (χ4n) is 2.88. The van der Waals surface area contributed by atoms with Gasteiger partial charge in [-0.2, -0.15) is 19.3 Å². The van der Waals surface area contributed by atoms with Crippen molar-refractivity contribution in [1.29, 1.82) is 10.5 Å². The molecule has 0 heterocycles. The first-order valence-electron chi connectivity index (χ1n) is 11.4. The maximum atomic E-state index is 13.4. The van der Waals surface area contributed by atoms with Crippen LogP contribution in [0.25, 0.3) is 0 Å².